The Hall–Kier alpha value is -2.42. The fourth-order valence-electron chi connectivity index (χ4n) is 3.65. The zero-order valence-corrected chi connectivity index (χ0v) is 14.4. The van der Waals surface area contributed by atoms with Gasteiger partial charge in [-0.15, -0.1) is 0 Å². The predicted octanol–water partition coefficient (Wildman–Crippen LogP) is 3.55. The quantitative estimate of drug-likeness (QED) is 0.813. The van der Waals surface area contributed by atoms with Crippen molar-refractivity contribution in [3.63, 3.8) is 0 Å². The summed E-state index contributed by atoms with van der Waals surface area (Å²) in [6, 6.07) is 6.22. The summed E-state index contributed by atoms with van der Waals surface area (Å²) < 4.78 is 49.1. The van der Waals surface area contributed by atoms with Crippen LogP contribution in [0.2, 0.25) is 0 Å². The van der Waals surface area contributed by atoms with Gasteiger partial charge in [-0.05, 0) is 24.5 Å². The number of carbonyl (C=O) groups excluding carboxylic acids is 1. The van der Waals surface area contributed by atoms with Crippen LogP contribution in [0.25, 0.3) is 0 Å². The van der Waals surface area contributed by atoms with E-state index in [0.29, 0.717) is 31.2 Å². The standard InChI is InChI=1S/C18H18F3N3O3/c19-18(20,21)10-15(25)24-13-4-2-1-3-12(13)9-14(24)16-22-17(27-23-16)11-5-7-26-8-6-11/h1-4,11,14H,5-10H2. The first-order valence-corrected chi connectivity index (χ1v) is 8.80. The van der Waals surface area contributed by atoms with Crippen LogP contribution < -0.4 is 4.90 Å². The van der Waals surface area contributed by atoms with Gasteiger partial charge in [0.15, 0.2) is 5.82 Å². The molecule has 144 valence electrons. The number of aromatic nitrogens is 2. The zero-order valence-electron chi connectivity index (χ0n) is 14.4. The Kier molecular flexibility index (Phi) is 4.63. The lowest BCUT2D eigenvalue weighted by Crippen LogP contribution is -2.35. The molecule has 6 nitrogen and oxygen atoms in total. The molecule has 1 aromatic heterocycles. The molecule has 0 spiro atoms. The first-order chi connectivity index (χ1) is 12.9. The van der Waals surface area contributed by atoms with E-state index in [9.17, 15) is 18.0 Å². The Balaban J connectivity index is 1.63. The number of carbonyl (C=O) groups is 1. The number of anilines is 1. The highest BCUT2D eigenvalue weighted by Crippen LogP contribution is 2.41. The number of hydrogen-bond acceptors (Lipinski definition) is 5. The summed E-state index contributed by atoms with van der Waals surface area (Å²) in [6.07, 6.45) is -4.24. The first-order valence-electron chi connectivity index (χ1n) is 8.80. The van der Waals surface area contributed by atoms with Crippen LogP contribution in [0.5, 0.6) is 0 Å². The Labute approximate surface area is 153 Å². The summed E-state index contributed by atoms with van der Waals surface area (Å²) in [7, 11) is 0. The van der Waals surface area contributed by atoms with E-state index in [1.54, 1.807) is 24.3 Å². The molecule has 0 saturated carbocycles. The molecule has 4 rings (SSSR count). The topological polar surface area (TPSA) is 68.5 Å². The fourth-order valence-corrected chi connectivity index (χ4v) is 3.65. The number of ether oxygens (including phenoxy) is 1. The molecule has 27 heavy (non-hydrogen) atoms. The van der Waals surface area contributed by atoms with E-state index in [0.717, 1.165) is 23.3 Å². The fraction of sp³-hybridized carbons (Fsp3) is 0.500. The van der Waals surface area contributed by atoms with Gasteiger partial charge in [0.2, 0.25) is 11.8 Å². The van der Waals surface area contributed by atoms with Gasteiger partial charge < -0.3 is 14.2 Å². The Morgan fingerprint density at radius 2 is 1.96 bits per heavy atom. The summed E-state index contributed by atoms with van der Waals surface area (Å²) in [5, 5.41) is 3.98. The molecule has 2 aliphatic heterocycles. The maximum Gasteiger partial charge on any atom is 0.397 e. The molecule has 1 aromatic carbocycles. The second kappa shape index (κ2) is 6.95. The van der Waals surface area contributed by atoms with Crippen LogP contribution in [0.4, 0.5) is 18.9 Å². The minimum Gasteiger partial charge on any atom is -0.381 e. The molecule has 0 bridgehead atoms. The van der Waals surface area contributed by atoms with E-state index in [1.165, 1.54) is 0 Å². The SMILES string of the molecule is O=C(CC(F)(F)F)N1c2ccccc2CC1c1noc(C2CCOCC2)n1. The molecular formula is C18H18F3N3O3. The van der Waals surface area contributed by atoms with E-state index in [2.05, 4.69) is 10.1 Å². The van der Waals surface area contributed by atoms with Gasteiger partial charge >= 0.3 is 6.18 Å². The third kappa shape index (κ3) is 3.69. The predicted molar refractivity (Wildman–Crippen MR) is 88.1 cm³/mol. The van der Waals surface area contributed by atoms with Crippen molar-refractivity contribution in [3.8, 4) is 0 Å². The normalized spacial score (nSPS) is 20.7. The van der Waals surface area contributed by atoms with Crippen LogP contribution >= 0.6 is 0 Å². The molecule has 9 heteroatoms. The monoisotopic (exact) mass is 381 g/mol. The molecule has 1 fully saturated rings. The van der Waals surface area contributed by atoms with Crippen molar-refractivity contribution in [1.29, 1.82) is 0 Å². The number of hydrogen-bond donors (Lipinski definition) is 0. The zero-order chi connectivity index (χ0) is 19.0. The number of rotatable bonds is 3. The molecule has 0 N–H and O–H groups in total. The lowest BCUT2D eigenvalue weighted by atomic mass is 10.0. The minimum atomic E-state index is -4.58. The van der Waals surface area contributed by atoms with Crippen LogP contribution in [0.1, 0.15) is 48.5 Å². The Morgan fingerprint density at radius 1 is 1.22 bits per heavy atom. The van der Waals surface area contributed by atoms with Crippen molar-refractivity contribution < 1.29 is 27.2 Å². The molecule has 3 heterocycles. The van der Waals surface area contributed by atoms with Gasteiger partial charge in [0, 0.05) is 31.2 Å². The maximum absolute atomic E-state index is 12.8. The van der Waals surface area contributed by atoms with Gasteiger partial charge in [-0.2, -0.15) is 18.2 Å². The molecular weight excluding hydrogens is 363 g/mol. The van der Waals surface area contributed by atoms with E-state index in [4.69, 9.17) is 9.26 Å². The third-order valence-electron chi connectivity index (χ3n) is 4.92. The number of benzene rings is 1. The van der Waals surface area contributed by atoms with Crippen molar-refractivity contribution in [1.82, 2.24) is 10.1 Å². The lowest BCUT2D eigenvalue weighted by molar-refractivity contribution is -0.152. The molecule has 1 saturated heterocycles. The average Bonchev–Trinajstić information content (AvgIpc) is 3.25. The van der Waals surface area contributed by atoms with E-state index < -0.39 is 24.5 Å². The van der Waals surface area contributed by atoms with Crippen LogP contribution in [0.15, 0.2) is 28.8 Å². The smallest absolute Gasteiger partial charge is 0.381 e. The second-order valence-corrected chi connectivity index (χ2v) is 6.78. The van der Waals surface area contributed by atoms with Gasteiger partial charge in [0.25, 0.3) is 0 Å². The summed E-state index contributed by atoms with van der Waals surface area (Å²) in [5.74, 6) is -0.256. The van der Waals surface area contributed by atoms with Crippen molar-refractivity contribution >= 4 is 11.6 Å². The van der Waals surface area contributed by atoms with Crippen molar-refractivity contribution in [2.75, 3.05) is 18.1 Å². The maximum atomic E-state index is 12.8. The number of para-hydroxylation sites is 1. The number of halogens is 3. The highest BCUT2D eigenvalue weighted by molar-refractivity contribution is 5.96. The van der Waals surface area contributed by atoms with Crippen molar-refractivity contribution in [2.24, 2.45) is 0 Å². The third-order valence-corrected chi connectivity index (χ3v) is 4.92. The van der Waals surface area contributed by atoms with Gasteiger partial charge in [-0.25, -0.2) is 0 Å². The molecule has 2 aliphatic rings. The number of amides is 1. The van der Waals surface area contributed by atoms with E-state index in [1.807, 2.05) is 0 Å². The first kappa shape index (κ1) is 18.0. The molecule has 1 amide bonds. The van der Waals surface area contributed by atoms with Crippen molar-refractivity contribution in [3.05, 3.63) is 41.5 Å². The molecule has 1 unspecified atom stereocenters. The molecule has 1 atom stereocenters. The molecule has 0 aliphatic carbocycles. The van der Waals surface area contributed by atoms with Crippen LogP contribution in [-0.4, -0.2) is 35.4 Å². The minimum absolute atomic E-state index is 0.0723. The lowest BCUT2D eigenvalue weighted by Gasteiger charge is -2.24. The van der Waals surface area contributed by atoms with Gasteiger partial charge in [-0.3, -0.25) is 4.79 Å². The molecule has 0 radical (unpaired) electrons. The Morgan fingerprint density at radius 3 is 2.70 bits per heavy atom. The summed E-state index contributed by atoms with van der Waals surface area (Å²) in [5.41, 5.74) is 1.25. The Bertz CT molecular complexity index is 830. The average molecular weight is 381 g/mol. The van der Waals surface area contributed by atoms with Crippen LogP contribution in [-0.2, 0) is 16.0 Å². The number of nitrogens with zero attached hydrogens (tertiary/aromatic N) is 3. The van der Waals surface area contributed by atoms with Gasteiger partial charge in [-0.1, -0.05) is 23.4 Å². The van der Waals surface area contributed by atoms with E-state index in [-0.39, 0.29) is 11.7 Å². The van der Waals surface area contributed by atoms with Gasteiger partial charge in [0.05, 0.1) is 0 Å². The summed E-state index contributed by atoms with van der Waals surface area (Å²) >= 11 is 0. The molecule has 2 aromatic rings. The van der Waals surface area contributed by atoms with Gasteiger partial charge in [0.1, 0.15) is 12.5 Å². The van der Waals surface area contributed by atoms with E-state index >= 15 is 0 Å². The van der Waals surface area contributed by atoms with Crippen LogP contribution in [0, 0.1) is 0 Å². The van der Waals surface area contributed by atoms with Crippen LogP contribution in [0.3, 0.4) is 0 Å². The van der Waals surface area contributed by atoms with Crippen molar-refractivity contribution in [2.45, 2.75) is 43.8 Å². The largest absolute Gasteiger partial charge is 0.397 e. The second-order valence-electron chi connectivity index (χ2n) is 6.78. The summed E-state index contributed by atoms with van der Waals surface area (Å²) in [6.45, 7) is 1.21. The highest BCUT2D eigenvalue weighted by Gasteiger charge is 2.42. The number of fused-ring (bicyclic) bond motifs is 1. The highest BCUT2D eigenvalue weighted by atomic mass is 19.4. The summed E-state index contributed by atoms with van der Waals surface area (Å²) in [4.78, 5) is 18.0. The number of alkyl halides is 3.